The predicted octanol–water partition coefficient (Wildman–Crippen LogP) is 1.22. The zero-order valence-electron chi connectivity index (χ0n) is 11.8. The van der Waals surface area contributed by atoms with Gasteiger partial charge in [0.1, 0.15) is 0 Å². The van der Waals surface area contributed by atoms with E-state index in [1.807, 2.05) is 0 Å². The van der Waals surface area contributed by atoms with Crippen LogP contribution in [0.4, 0.5) is 0 Å². The molecule has 1 saturated heterocycles. The first-order valence-corrected chi connectivity index (χ1v) is 7.87. The number of rotatable bonds is 1. The summed E-state index contributed by atoms with van der Waals surface area (Å²) < 4.78 is 0. The molecule has 2 fully saturated rings. The molecule has 3 heteroatoms. The first-order chi connectivity index (χ1) is 9.70. The number of hydrogen-bond acceptors (Lipinski definition) is 3. The van der Waals surface area contributed by atoms with Gasteiger partial charge in [-0.05, 0) is 48.6 Å². The third-order valence-corrected chi connectivity index (χ3v) is 5.68. The normalized spacial score (nSPS) is 37.9. The second-order valence-corrected chi connectivity index (χ2v) is 6.91. The summed E-state index contributed by atoms with van der Waals surface area (Å²) in [6.07, 6.45) is 2.89. The zero-order chi connectivity index (χ0) is 13.7. The van der Waals surface area contributed by atoms with Gasteiger partial charge in [0.25, 0.3) is 0 Å². The summed E-state index contributed by atoms with van der Waals surface area (Å²) in [7, 11) is 0. The average Bonchev–Trinajstić information content (AvgIpc) is 3.02. The van der Waals surface area contributed by atoms with E-state index in [0.717, 1.165) is 25.9 Å². The van der Waals surface area contributed by atoms with Crippen LogP contribution >= 0.6 is 0 Å². The Morgan fingerprint density at radius 2 is 1.35 bits per heavy atom. The first-order valence-electron chi connectivity index (χ1n) is 7.87. The largest absolute Gasteiger partial charge is 0.390 e. The second-order valence-electron chi connectivity index (χ2n) is 6.91. The molecule has 1 aliphatic heterocycles. The van der Waals surface area contributed by atoms with E-state index < -0.39 is 12.2 Å². The molecule has 3 aliphatic rings. The van der Waals surface area contributed by atoms with Crippen LogP contribution in [0.25, 0.3) is 0 Å². The van der Waals surface area contributed by atoms with Gasteiger partial charge in [-0.1, -0.05) is 24.3 Å². The molecule has 0 radical (unpaired) electrons. The van der Waals surface area contributed by atoms with E-state index >= 15 is 0 Å². The van der Waals surface area contributed by atoms with Crippen molar-refractivity contribution >= 4 is 0 Å². The van der Waals surface area contributed by atoms with Crippen LogP contribution < -0.4 is 0 Å². The first kappa shape index (κ1) is 12.8. The van der Waals surface area contributed by atoms with Crippen molar-refractivity contribution in [2.45, 2.75) is 43.9 Å². The Bertz CT molecular complexity index is 461. The van der Waals surface area contributed by atoms with Crippen molar-refractivity contribution in [2.75, 3.05) is 13.1 Å². The quantitative estimate of drug-likeness (QED) is 0.808. The maximum Gasteiger partial charge on any atom is 0.0802 e. The molecule has 1 heterocycles. The van der Waals surface area contributed by atoms with Crippen LogP contribution in [0, 0.1) is 11.8 Å². The molecule has 2 aliphatic carbocycles. The number of aliphatic hydroxyl groups is 2. The molecule has 4 atom stereocenters. The van der Waals surface area contributed by atoms with Crippen molar-refractivity contribution in [1.29, 1.82) is 0 Å². The van der Waals surface area contributed by atoms with E-state index in [4.69, 9.17) is 0 Å². The monoisotopic (exact) mass is 273 g/mol. The van der Waals surface area contributed by atoms with Crippen molar-refractivity contribution in [3.05, 3.63) is 35.4 Å². The van der Waals surface area contributed by atoms with Gasteiger partial charge in [0, 0.05) is 19.1 Å². The van der Waals surface area contributed by atoms with Crippen LogP contribution in [0.5, 0.6) is 0 Å². The van der Waals surface area contributed by atoms with Crippen LogP contribution in [-0.2, 0) is 12.8 Å². The number of nitrogens with zero attached hydrogens (tertiary/aromatic N) is 1. The molecule has 0 amide bonds. The molecule has 2 N–H and O–H groups in total. The number of fused-ring (bicyclic) bond motifs is 2. The van der Waals surface area contributed by atoms with Crippen molar-refractivity contribution < 1.29 is 10.2 Å². The summed E-state index contributed by atoms with van der Waals surface area (Å²) in [6, 6.07) is 9.42. The van der Waals surface area contributed by atoms with Gasteiger partial charge >= 0.3 is 0 Å². The standard InChI is InChI=1S/C17H23NO2/c19-16-7-13-9-18(10-14(13)8-17(16)20)15-5-11-3-1-2-4-12(11)6-15/h1-4,13-17,19-20H,5-10H2/t13-,14+,16-,17-/m0/s1. The SMILES string of the molecule is O[C@H]1C[C@@H]2CN(C3Cc4ccccc4C3)C[C@@H]2C[C@@H]1O. The number of aliphatic hydroxyl groups excluding tert-OH is 2. The van der Waals surface area contributed by atoms with E-state index in [1.165, 1.54) is 24.0 Å². The Morgan fingerprint density at radius 1 is 0.850 bits per heavy atom. The van der Waals surface area contributed by atoms with E-state index in [0.29, 0.717) is 17.9 Å². The van der Waals surface area contributed by atoms with Gasteiger partial charge in [0.15, 0.2) is 0 Å². The lowest BCUT2D eigenvalue weighted by molar-refractivity contribution is -0.0372. The van der Waals surface area contributed by atoms with Gasteiger partial charge in [0.2, 0.25) is 0 Å². The van der Waals surface area contributed by atoms with Crippen LogP contribution in [0.15, 0.2) is 24.3 Å². The molecule has 1 aromatic carbocycles. The summed E-state index contributed by atoms with van der Waals surface area (Å²) in [5, 5.41) is 19.7. The molecule has 108 valence electrons. The molecule has 3 nitrogen and oxygen atoms in total. The molecule has 20 heavy (non-hydrogen) atoms. The highest BCUT2D eigenvalue weighted by atomic mass is 16.3. The summed E-state index contributed by atoms with van der Waals surface area (Å²) in [5.41, 5.74) is 3.01. The van der Waals surface area contributed by atoms with Crippen LogP contribution in [0.1, 0.15) is 24.0 Å². The van der Waals surface area contributed by atoms with Gasteiger partial charge in [-0.25, -0.2) is 0 Å². The fourth-order valence-corrected chi connectivity index (χ4v) is 4.54. The van der Waals surface area contributed by atoms with E-state index in [-0.39, 0.29) is 0 Å². The minimum atomic E-state index is -0.503. The molecule has 0 aromatic heterocycles. The van der Waals surface area contributed by atoms with Crippen molar-refractivity contribution in [2.24, 2.45) is 11.8 Å². The fourth-order valence-electron chi connectivity index (χ4n) is 4.54. The van der Waals surface area contributed by atoms with Crippen molar-refractivity contribution in [1.82, 2.24) is 4.90 Å². The summed E-state index contributed by atoms with van der Waals surface area (Å²) in [6.45, 7) is 2.21. The number of hydrogen-bond donors (Lipinski definition) is 2. The maximum absolute atomic E-state index is 9.85. The van der Waals surface area contributed by atoms with Gasteiger partial charge < -0.3 is 10.2 Å². The summed E-state index contributed by atoms with van der Waals surface area (Å²) >= 11 is 0. The lowest BCUT2D eigenvalue weighted by Crippen LogP contribution is -2.38. The summed E-state index contributed by atoms with van der Waals surface area (Å²) in [4.78, 5) is 2.61. The molecule has 1 aromatic rings. The lowest BCUT2D eigenvalue weighted by atomic mass is 9.79. The third kappa shape index (κ3) is 2.09. The number of likely N-dealkylation sites (tertiary alicyclic amines) is 1. The molecular weight excluding hydrogens is 250 g/mol. The minimum Gasteiger partial charge on any atom is -0.390 e. The Labute approximate surface area is 120 Å². The minimum absolute atomic E-state index is 0.503. The average molecular weight is 273 g/mol. The second kappa shape index (κ2) is 4.83. The van der Waals surface area contributed by atoms with Crippen LogP contribution in [0.3, 0.4) is 0 Å². The van der Waals surface area contributed by atoms with Crippen LogP contribution in [-0.4, -0.2) is 46.5 Å². The predicted molar refractivity (Wildman–Crippen MR) is 77.4 cm³/mol. The van der Waals surface area contributed by atoms with E-state index in [1.54, 1.807) is 0 Å². The smallest absolute Gasteiger partial charge is 0.0802 e. The molecule has 4 rings (SSSR count). The molecule has 0 spiro atoms. The Kier molecular flexibility index (Phi) is 3.09. The summed E-state index contributed by atoms with van der Waals surface area (Å²) in [5.74, 6) is 1.16. The van der Waals surface area contributed by atoms with E-state index in [2.05, 4.69) is 29.2 Å². The Hall–Kier alpha value is -0.900. The molecule has 0 bridgehead atoms. The van der Waals surface area contributed by atoms with Gasteiger partial charge in [-0.15, -0.1) is 0 Å². The highest BCUT2D eigenvalue weighted by molar-refractivity contribution is 5.33. The number of benzene rings is 1. The van der Waals surface area contributed by atoms with Gasteiger partial charge in [-0.3, -0.25) is 4.90 Å². The van der Waals surface area contributed by atoms with E-state index in [9.17, 15) is 10.2 Å². The third-order valence-electron chi connectivity index (χ3n) is 5.68. The highest BCUT2D eigenvalue weighted by Crippen LogP contribution is 2.39. The van der Waals surface area contributed by atoms with Gasteiger partial charge in [-0.2, -0.15) is 0 Å². The zero-order valence-corrected chi connectivity index (χ0v) is 11.8. The maximum atomic E-state index is 9.85. The Morgan fingerprint density at radius 3 is 1.85 bits per heavy atom. The fraction of sp³-hybridized carbons (Fsp3) is 0.647. The molecule has 0 unspecified atom stereocenters. The van der Waals surface area contributed by atoms with Crippen LogP contribution in [0.2, 0.25) is 0 Å². The van der Waals surface area contributed by atoms with Crippen molar-refractivity contribution in [3.8, 4) is 0 Å². The Balaban J connectivity index is 1.45. The molecular formula is C17H23NO2. The highest BCUT2D eigenvalue weighted by Gasteiger charge is 2.43. The van der Waals surface area contributed by atoms with Gasteiger partial charge in [0.05, 0.1) is 12.2 Å². The van der Waals surface area contributed by atoms with Crippen molar-refractivity contribution in [3.63, 3.8) is 0 Å². The lowest BCUT2D eigenvalue weighted by Gasteiger charge is -2.32. The topological polar surface area (TPSA) is 43.7 Å². The molecule has 1 saturated carbocycles.